The number of hydrogen-bond donors (Lipinski definition) is 1. The molecule has 1 aromatic carbocycles. The molecule has 1 nitrogen and oxygen atoms in total. The molecule has 0 spiro atoms. The van der Waals surface area contributed by atoms with Crippen LogP contribution >= 0.6 is 0 Å². The Kier molecular flexibility index (Phi) is 4.22. The minimum Gasteiger partial charge on any atom is -0.327 e. The van der Waals surface area contributed by atoms with E-state index in [0.717, 1.165) is 18.3 Å². The Bertz CT molecular complexity index is 331. The molecule has 2 N–H and O–H groups in total. The fraction of sp³-hybridized carbons (Fsp3) is 0.625. The van der Waals surface area contributed by atoms with Gasteiger partial charge in [-0.25, -0.2) is 0 Å². The highest BCUT2D eigenvalue weighted by Crippen LogP contribution is 2.34. The Morgan fingerprint density at radius 2 is 1.88 bits per heavy atom. The number of nitrogens with two attached hydrogens (primary N) is 1. The summed E-state index contributed by atoms with van der Waals surface area (Å²) in [6.45, 7) is 4.70. The molecular formula is C16H25N. The van der Waals surface area contributed by atoms with E-state index in [1.165, 1.54) is 24.8 Å². The van der Waals surface area contributed by atoms with Crippen LogP contribution in [0.15, 0.2) is 30.3 Å². The summed E-state index contributed by atoms with van der Waals surface area (Å²) in [6, 6.07) is 11.2. The van der Waals surface area contributed by atoms with Crippen LogP contribution < -0.4 is 5.73 Å². The van der Waals surface area contributed by atoms with Crippen molar-refractivity contribution in [1.29, 1.82) is 0 Å². The topological polar surface area (TPSA) is 26.0 Å². The second-order valence-electron chi connectivity index (χ2n) is 5.93. The predicted octanol–water partition coefficient (Wildman–Crippen LogP) is 3.63. The van der Waals surface area contributed by atoms with Crippen LogP contribution in [0.25, 0.3) is 0 Å². The third-order valence-corrected chi connectivity index (χ3v) is 4.37. The Morgan fingerprint density at radius 3 is 2.53 bits per heavy atom. The van der Waals surface area contributed by atoms with Gasteiger partial charge in [0.2, 0.25) is 0 Å². The van der Waals surface area contributed by atoms with Crippen LogP contribution in [0.4, 0.5) is 0 Å². The zero-order valence-electron chi connectivity index (χ0n) is 11.1. The van der Waals surface area contributed by atoms with Crippen molar-refractivity contribution >= 4 is 0 Å². The van der Waals surface area contributed by atoms with Crippen molar-refractivity contribution in [3.63, 3.8) is 0 Å². The molecule has 0 heterocycles. The Labute approximate surface area is 105 Å². The van der Waals surface area contributed by atoms with Crippen LogP contribution in [0.3, 0.4) is 0 Å². The SMILES string of the molecule is CC(C)C1CC[C@@H](N)[C@@H](Cc2ccccc2)C1. The number of benzene rings is 1. The van der Waals surface area contributed by atoms with Gasteiger partial charge >= 0.3 is 0 Å². The molecule has 94 valence electrons. The summed E-state index contributed by atoms with van der Waals surface area (Å²) in [4.78, 5) is 0. The van der Waals surface area contributed by atoms with Crippen molar-refractivity contribution in [2.24, 2.45) is 23.5 Å². The largest absolute Gasteiger partial charge is 0.327 e. The summed E-state index contributed by atoms with van der Waals surface area (Å²) in [7, 11) is 0. The van der Waals surface area contributed by atoms with Crippen LogP contribution in [-0.2, 0) is 6.42 Å². The van der Waals surface area contributed by atoms with Crippen molar-refractivity contribution in [2.45, 2.75) is 45.6 Å². The normalized spacial score (nSPS) is 29.5. The summed E-state index contributed by atoms with van der Waals surface area (Å²) in [5.74, 6) is 2.36. The highest BCUT2D eigenvalue weighted by Gasteiger charge is 2.29. The van der Waals surface area contributed by atoms with Gasteiger partial charge in [-0.15, -0.1) is 0 Å². The molecule has 0 aliphatic heterocycles. The predicted molar refractivity (Wildman–Crippen MR) is 73.8 cm³/mol. The quantitative estimate of drug-likeness (QED) is 0.844. The van der Waals surface area contributed by atoms with Gasteiger partial charge in [0, 0.05) is 6.04 Å². The molecule has 17 heavy (non-hydrogen) atoms. The van der Waals surface area contributed by atoms with Crippen LogP contribution in [0.5, 0.6) is 0 Å². The van der Waals surface area contributed by atoms with Crippen molar-refractivity contribution in [3.8, 4) is 0 Å². The van der Waals surface area contributed by atoms with Gasteiger partial charge in [0.25, 0.3) is 0 Å². The Morgan fingerprint density at radius 1 is 1.18 bits per heavy atom. The average molecular weight is 231 g/mol. The molecule has 3 atom stereocenters. The molecule has 2 rings (SSSR count). The Balaban J connectivity index is 1.99. The summed E-state index contributed by atoms with van der Waals surface area (Å²) in [5.41, 5.74) is 7.73. The van der Waals surface area contributed by atoms with Gasteiger partial charge in [0.15, 0.2) is 0 Å². The second kappa shape index (κ2) is 5.68. The highest BCUT2D eigenvalue weighted by molar-refractivity contribution is 5.15. The van der Waals surface area contributed by atoms with Gasteiger partial charge in [0.1, 0.15) is 0 Å². The summed E-state index contributed by atoms with van der Waals surface area (Å²) in [5, 5.41) is 0. The maximum Gasteiger partial charge on any atom is 0.00705 e. The molecule has 1 aliphatic carbocycles. The molecule has 1 fully saturated rings. The van der Waals surface area contributed by atoms with Crippen molar-refractivity contribution in [3.05, 3.63) is 35.9 Å². The van der Waals surface area contributed by atoms with Gasteiger partial charge in [0.05, 0.1) is 0 Å². The lowest BCUT2D eigenvalue weighted by Gasteiger charge is -2.36. The average Bonchev–Trinajstić information content (AvgIpc) is 2.33. The lowest BCUT2D eigenvalue weighted by atomic mass is 9.72. The first kappa shape index (κ1) is 12.6. The zero-order chi connectivity index (χ0) is 12.3. The number of rotatable bonds is 3. The van der Waals surface area contributed by atoms with E-state index in [2.05, 4.69) is 44.2 Å². The molecule has 0 radical (unpaired) electrons. The van der Waals surface area contributed by atoms with E-state index in [4.69, 9.17) is 5.73 Å². The van der Waals surface area contributed by atoms with Gasteiger partial charge in [-0.3, -0.25) is 0 Å². The third kappa shape index (κ3) is 3.32. The summed E-state index contributed by atoms with van der Waals surface area (Å²) in [6.07, 6.45) is 5.00. The van der Waals surface area contributed by atoms with E-state index >= 15 is 0 Å². The van der Waals surface area contributed by atoms with Crippen molar-refractivity contribution < 1.29 is 0 Å². The van der Waals surface area contributed by atoms with Crippen molar-refractivity contribution in [2.75, 3.05) is 0 Å². The first-order valence-corrected chi connectivity index (χ1v) is 6.96. The monoisotopic (exact) mass is 231 g/mol. The smallest absolute Gasteiger partial charge is 0.00705 e. The minimum absolute atomic E-state index is 0.408. The van der Waals surface area contributed by atoms with E-state index in [9.17, 15) is 0 Å². The van der Waals surface area contributed by atoms with E-state index in [-0.39, 0.29) is 0 Å². The maximum atomic E-state index is 6.29. The third-order valence-electron chi connectivity index (χ3n) is 4.37. The van der Waals surface area contributed by atoms with E-state index in [0.29, 0.717) is 12.0 Å². The Hall–Kier alpha value is -0.820. The zero-order valence-corrected chi connectivity index (χ0v) is 11.1. The van der Waals surface area contributed by atoms with Crippen LogP contribution in [0.2, 0.25) is 0 Å². The van der Waals surface area contributed by atoms with Gasteiger partial charge in [-0.1, -0.05) is 44.2 Å². The standard InChI is InChI=1S/C16H25N/c1-12(2)14-8-9-16(17)15(11-14)10-13-6-4-3-5-7-13/h3-7,12,14-16H,8-11,17H2,1-2H3/t14?,15-,16+/m0/s1. The van der Waals surface area contributed by atoms with Crippen LogP contribution in [0, 0.1) is 17.8 Å². The molecule has 0 aromatic heterocycles. The summed E-state index contributed by atoms with van der Waals surface area (Å²) < 4.78 is 0. The fourth-order valence-corrected chi connectivity index (χ4v) is 3.08. The fourth-order valence-electron chi connectivity index (χ4n) is 3.08. The lowest BCUT2D eigenvalue weighted by molar-refractivity contribution is 0.189. The molecule has 0 amide bonds. The highest BCUT2D eigenvalue weighted by atomic mass is 14.7. The number of hydrogen-bond acceptors (Lipinski definition) is 1. The van der Waals surface area contributed by atoms with Crippen LogP contribution in [0.1, 0.15) is 38.7 Å². The van der Waals surface area contributed by atoms with Gasteiger partial charge in [-0.2, -0.15) is 0 Å². The van der Waals surface area contributed by atoms with E-state index in [1.54, 1.807) is 0 Å². The second-order valence-corrected chi connectivity index (χ2v) is 5.93. The lowest BCUT2D eigenvalue weighted by Crippen LogP contribution is -2.38. The molecule has 1 unspecified atom stereocenters. The molecule has 0 bridgehead atoms. The molecule has 1 aromatic rings. The van der Waals surface area contributed by atoms with Gasteiger partial charge in [-0.05, 0) is 49.0 Å². The molecule has 1 heteroatoms. The van der Waals surface area contributed by atoms with Gasteiger partial charge < -0.3 is 5.73 Å². The molecular weight excluding hydrogens is 206 g/mol. The van der Waals surface area contributed by atoms with E-state index in [1.807, 2.05) is 0 Å². The molecule has 0 saturated heterocycles. The van der Waals surface area contributed by atoms with E-state index < -0.39 is 0 Å². The molecule has 1 saturated carbocycles. The van der Waals surface area contributed by atoms with Crippen LogP contribution in [-0.4, -0.2) is 6.04 Å². The minimum atomic E-state index is 0.408. The first-order chi connectivity index (χ1) is 8.16. The van der Waals surface area contributed by atoms with Crippen molar-refractivity contribution in [1.82, 2.24) is 0 Å². The maximum absolute atomic E-state index is 6.29. The molecule has 1 aliphatic rings. The first-order valence-electron chi connectivity index (χ1n) is 6.96. The summed E-state index contributed by atoms with van der Waals surface area (Å²) >= 11 is 0.